The highest BCUT2D eigenvalue weighted by Gasteiger charge is 2.33. The van der Waals surface area contributed by atoms with Crippen LogP contribution in [0.25, 0.3) is 11.3 Å². The van der Waals surface area contributed by atoms with E-state index in [0.717, 1.165) is 12.1 Å². The Balaban J connectivity index is 1.41. The van der Waals surface area contributed by atoms with Crippen LogP contribution in [0.3, 0.4) is 0 Å². The van der Waals surface area contributed by atoms with Gasteiger partial charge in [-0.1, -0.05) is 24.3 Å². The summed E-state index contributed by atoms with van der Waals surface area (Å²) in [7, 11) is 1.51. The summed E-state index contributed by atoms with van der Waals surface area (Å²) < 4.78 is 49.8. The van der Waals surface area contributed by atoms with Crippen molar-refractivity contribution in [3.8, 4) is 11.3 Å². The molecule has 9 nitrogen and oxygen atoms in total. The second-order valence-corrected chi connectivity index (χ2v) is 8.97. The summed E-state index contributed by atoms with van der Waals surface area (Å²) in [6.45, 7) is 1.07. The number of ether oxygens (including phenoxy) is 1. The number of pyridine rings is 1. The number of benzene rings is 1. The molecular formula is C27H27F3N4O5. The molecule has 39 heavy (non-hydrogen) atoms. The maximum absolute atomic E-state index is 12.9. The van der Waals surface area contributed by atoms with Crippen LogP contribution in [0.2, 0.25) is 0 Å². The highest BCUT2D eigenvalue weighted by molar-refractivity contribution is 5.96. The fourth-order valence-corrected chi connectivity index (χ4v) is 4.26. The summed E-state index contributed by atoms with van der Waals surface area (Å²) in [5, 5.41) is 7.91. The minimum atomic E-state index is -4.66. The van der Waals surface area contributed by atoms with Gasteiger partial charge in [0.2, 0.25) is 5.91 Å². The number of aromatic nitrogens is 1. The summed E-state index contributed by atoms with van der Waals surface area (Å²) in [4.78, 5) is 41.1. The molecule has 0 unspecified atom stereocenters. The molecule has 3 aromatic rings. The molecule has 0 spiro atoms. The molecule has 4 rings (SSSR count). The minimum absolute atomic E-state index is 0.0254. The third-order valence-electron chi connectivity index (χ3n) is 6.32. The van der Waals surface area contributed by atoms with Crippen LogP contribution in [0.1, 0.15) is 45.1 Å². The van der Waals surface area contributed by atoms with Crippen LogP contribution in [0.4, 0.5) is 13.2 Å². The largest absolute Gasteiger partial charge is 0.451 e. The molecule has 3 amide bonds. The molecule has 1 aliphatic heterocycles. The number of alkyl halides is 3. The molecule has 12 heteroatoms. The second-order valence-electron chi connectivity index (χ2n) is 8.97. The Labute approximate surface area is 222 Å². The lowest BCUT2D eigenvalue weighted by atomic mass is 9.91. The van der Waals surface area contributed by atoms with E-state index in [-0.39, 0.29) is 29.8 Å². The van der Waals surface area contributed by atoms with Gasteiger partial charge in [0.25, 0.3) is 11.8 Å². The SMILES string of the molecule is CNC(=O)[C@@H](NC(=O)c1ccc(-c2cccc(CNC(=O)c3cccc(C(F)(F)F)n3)c2)o1)C1CCOCC1. The molecule has 1 aromatic carbocycles. The number of amides is 3. The zero-order valence-corrected chi connectivity index (χ0v) is 21.0. The lowest BCUT2D eigenvalue weighted by Crippen LogP contribution is -2.51. The Morgan fingerprint density at radius 1 is 1.03 bits per heavy atom. The molecule has 0 saturated carbocycles. The average Bonchev–Trinajstić information content (AvgIpc) is 3.45. The minimum Gasteiger partial charge on any atom is -0.451 e. The van der Waals surface area contributed by atoms with Crippen molar-refractivity contribution in [1.82, 2.24) is 20.9 Å². The summed E-state index contributed by atoms with van der Waals surface area (Å²) in [5.41, 5.74) is -0.234. The van der Waals surface area contributed by atoms with Crippen LogP contribution in [0.5, 0.6) is 0 Å². The van der Waals surface area contributed by atoms with Crippen molar-refractivity contribution < 1.29 is 36.7 Å². The fourth-order valence-electron chi connectivity index (χ4n) is 4.26. The van der Waals surface area contributed by atoms with E-state index >= 15 is 0 Å². The smallest absolute Gasteiger partial charge is 0.433 e. The van der Waals surface area contributed by atoms with Crippen LogP contribution in [0.15, 0.2) is 59.0 Å². The van der Waals surface area contributed by atoms with Crippen LogP contribution < -0.4 is 16.0 Å². The van der Waals surface area contributed by atoms with Crippen molar-refractivity contribution in [2.75, 3.05) is 20.3 Å². The zero-order chi connectivity index (χ0) is 28.0. The van der Waals surface area contributed by atoms with Gasteiger partial charge in [0.05, 0.1) is 0 Å². The number of likely N-dealkylation sites (N-methyl/N-ethyl adjacent to an activating group) is 1. The van der Waals surface area contributed by atoms with E-state index in [1.807, 2.05) is 0 Å². The monoisotopic (exact) mass is 544 g/mol. The van der Waals surface area contributed by atoms with Gasteiger partial charge in [-0.3, -0.25) is 14.4 Å². The van der Waals surface area contributed by atoms with Crippen LogP contribution in [0, 0.1) is 5.92 Å². The first-order chi connectivity index (χ1) is 18.7. The molecule has 2 aromatic heterocycles. The highest BCUT2D eigenvalue weighted by atomic mass is 19.4. The van der Waals surface area contributed by atoms with Gasteiger partial charge < -0.3 is 25.1 Å². The molecule has 206 valence electrons. The van der Waals surface area contributed by atoms with Crippen molar-refractivity contribution in [2.24, 2.45) is 5.92 Å². The summed E-state index contributed by atoms with van der Waals surface area (Å²) in [6, 6.07) is 12.4. The third-order valence-corrected chi connectivity index (χ3v) is 6.32. The van der Waals surface area contributed by atoms with Crippen molar-refractivity contribution in [2.45, 2.75) is 31.6 Å². The molecule has 3 N–H and O–H groups in total. The molecule has 0 aliphatic carbocycles. The number of nitrogens with one attached hydrogen (secondary N) is 3. The molecular weight excluding hydrogens is 517 g/mol. The van der Waals surface area contributed by atoms with E-state index in [9.17, 15) is 27.6 Å². The first kappa shape index (κ1) is 27.8. The number of rotatable bonds is 8. The predicted molar refractivity (Wildman–Crippen MR) is 133 cm³/mol. The fraction of sp³-hybridized carbons (Fsp3) is 0.333. The lowest BCUT2D eigenvalue weighted by Gasteiger charge is -2.29. The van der Waals surface area contributed by atoms with E-state index in [2.05, 4.69) is 20.9 Å². The van der Waals surface area contributed by atoms with E-state index in [1.165, 1.54) is 19.2 Å². The molecule has 1 atom stereocenters. The first-order valence-corrected chi connectivity index (χ1v) is 12.3. The summed E-state index contributed by atoms with van der Waals surface area (Å²) in [6.07, 6.45) is -3.36. The van der Waals surface area contributed by atoms with Crippen molar-refractivity contribution >= 4 is 17.7 Å². The number of furan rings is 1. The van der Waals surface area contributed by atoms with Crippen LogP contribution in [-0.4, -0.2) is 49.0 Å². The van der Waals surface area contributed by atoms with Gasteiger partial charge in [-0.05, 0) is 54.7 Å². The third kappa shape index (κ3) is 7.02. The molecule has 0 bridgehead atoms. The predicted octanol–water partition coefficient (Wildman–Crippen LogP) is 3.56. The van der Waals surface area contributed by atoms with E-state index in [1.54, 1.807) is 30.3 Å². The lowest BCUT2D eigenvalue weighted by molar-refractivity contribution is -0.141. The molecule has 1 saturated heterocycles. The number of carbonyl (C=O) groups is 3. The van der Waals surface area contributed by atoms with Crippen LogP contribution in [-0.2, 0) is 22.3 Å². The highest BCUT2D eigenvalue weighted by Crippen LogP contribution is 2.27. The number of hydrogen-bond donors (Lipinski definition) is 3. The van der Waals surface area contributed by atoms with Gasteiger partial charge in [-0.2, -0.15) is 13.2 Å². The van der Waals surface area contributed by atoms with Gasteiger partial charge in [0.1, 0.15) is 23.2 Å². The van der Waals surface area contributed by atoms with Gasteiger partial charge in [0.15, 0.2) is 5.76 Å². The first-order valence-electron chi connectivity index (χ1n) is 12.3. The Morgan fingerprint density at radius 2 is 1.77 bits per heavy atom. The maximum atomic E-state index is 12.9. The van der Waals surface area contributed by atoms with Crippen molar-refractivity contribution in [1.29, 1.82) is 0 Å². The van der Waals surface area contributed by atoms with E-state index in [0.29, 0.717) is 42.9 Å². The summed E-state index contributed by atoms with van der Waals surface area (Å²) >= 11 is 0. The molecule has 3 heterocycles. The molecule has 1 fully saturated rings. The van der Waals surface area contributed by atoms with Gasteiger partial charge in [-0.25, -0.2) is 4.98 Å². The van der Waals surface area contributed by atoms with Gasteiger partial charge in [0, 0.05) is 32.4 Å². The number of nitrogens with zero attached hydrogens (tertiary/aromatic N) is 1. The molecule has 1 aliphatic rings. The number of halogens is 3. The van der Waals surface area contributed by atoms with Gasteiger partial charge in [-0.15, -0.1) is 0 Å². The number of carbonyl (C=O) groups excluding carboxylic acids is 3. The van der Waals surface area contributed by atoms with E-state index < -0.39 is 29.7 Å². The van der Waals surface area contributed by atoms with E-state index in [4.69, 9.17) is 9.15 Å². The molecule has 0 radical (unpaired) electrons. The average molecular weight is 545 g/mol. The normalized spacial score (nSPS) is 14.9. The quantitative estimate of drug-likeness (QED) is 0.399. The summed E-state index contributed by atoms with van der Waals surface area (Å²) in [5.74, 6) is -1.22. The van der Waals surface area contributed by atoms with Crippen molar-refractivity contribution in [3.05, 3.63) is 77.3 Å². The Kier molecular flexibility index (Phi) is 8.65. The van der Waals surface area contributed by atoms with Crippen molar-refractivity contribution in [3.63, 3.8) is 0 Å². The standard InChI is InChI=1S/C27H27F3N4O5/c1-31-26(37)23(17-10-12-38-13-11-17)34-25(36)21-9-8-20(39-21)18-5-2-4-16(14-18)15-32-24(35)19-6-3-7-22(33-19)27(28,29)30/h2-9,14,17,23H,10-13,15H2,1H3,(H,31,37)(H,32,35)(H,34,36)/t23-/m0/s1. The Bertz CT molecular complexity index is 1330. The maximum Gasteiger partial charge on any atom is 0.433 e. The second kappa shape index (κ2) is 12.1. The van der Waals surface area contributed by atoms with Crippen LogP contribution >= 0.6 is 0 Å². The Morgan fingerprint density at radius 3 is 2.49 bits per heavy atom. The Hall–Kier alpha value is -4.19. The topological polar surface area (TPSA) is 123 Å². The zero-order valence-electron chi connectivity index (χ0n) is 21.0. The van der Waals surface area contributed by atoms with Gasteiger partial charge >= 0.3 is 6.18 Å². The number of hydrogen-bond acceptors (Lipinski definition) is 6.